The highest BCUT2D eigenvalue weighted by molar-refractivity contribution is 7.89. The van der Waals surface area contributed by atoms with Gasteiger partial charge >= 0.3 is 0 Å². The average molecular weight is 283 g/mol. The summed E-state index contributed by atoms with van der Waals surface area (Å²) in [6.45, 7) is 3.07. The van der Waals surface area contributed by atoms with Crippen LogP contribution in [0, 0.1) is 12.3 Å². The molecule has 1 spiro atoms. The van der Waals surface area contributed by atoms with Crippen molar-refractivity contribution < 1.29 is 8.42 Å². The summed E-state index contributed by atoms with van der Waals surface area (Å²) in [6, 6.07) is 0. The van der Waals surface area contributed by atoms with E-state index in [1.54, 1.807) is 11.2 Å². The molecule has 1 aliphatic heterocycles. The Labute approximate surface area is 114 Å². The van der Waals surface area contributed by atoms with Crippen LogP contribution >= 0.6 is 0 Å². The molecule has 0 atom stereocenters. The van der Waals surface area contributed by atoms with Crippen molar-refractivity contribution in [1.82, 2.24) is 14.5 Å². The minimum absolute atomic E-state index is 0.329. The van der Waals surface area contributed by atoms with Crippen LogP contribution in [0.1, 0.15) is 44.2 Å². The predicted molar refractivity (Wildman–Crippen MR) is 72.2 cm³/mol. The van der Waals surface area contributed by atoms with Gasteiger partial charge in [-0.15, -0.1) is 0 Å². The molecule has 0 radical (unpaired) electrons. The highest BCUT2D eigenvalue weighted by Gasteiger charge is 2.40. The van der Waals surface area contributed by atoms with Crippen molar-refractivity contribution in [3.8, 4) is 0 Å². The monoisotopic (exact) mass is 283 g/mol. The van der Waals surface area contributed by atoms with Gasteiger partial charge in [0.25, 0.3) is 0 Å². The molecule has 3 rings (SSSR count). The minimum atomic E-state index is -3.36. The molecule has 2 heterocycles. The Bertz CT molecular complexity index is 548. The fraction of sp³-hybridized carbons (Fsp3) is 0.769. The van der Waals surface area contributed by atoms with Crippen LogP contribution in [-0.2, 0) is 10.0 Å². The Morgan fingerprint density at radius 3 is 2.37 bits per heavy atom. The summed E-state index contributed by atoms with van der Waals surface area (Å²) in [7, 11) is -3.36. The highest BCUT2D eigenvalue weighted by Crippen LogP contribution is 2.46. The van der Waals surface area contributed by atoms with E-state index in [0.29, 0.717) is 29.1 Å². The molecule has 0 amide bonds. The molecule has 0 aromatic carbocycles. The molecule has 1 aliphatic carbocycles. The van der Waals surface area contributed by atoms with Gasteiger partial charge in [-0.1, -0.05) is 12.8 Å². The van der Waals surface area contributed by atoms with Gasteiger partial charge in [-0.3, -0.25) is 5.10 Å². The Kier molecular flexibility index (Phi) is 3.17. The molecular formula is C13H21N3O2S. The second-order valence-corrected chi connectivity index (χ2v) is 7.88. The standard InChI is InChI=1S/C13H21N3O2S/c1-11-12(10-14-15-11)19(17,18)16-8-6-13(7-9-16)4-2-3-5-13/h10H,2-9H2,1H3,(H,14,15). The van der Waals surface area contributed by atoms with E-state index < -0.39 is 10.0 Å². The van der Waals surface area contributed by atoms with Crippen LogP contribution in [0.5, 0.6) is 0 Å². The number of H-pyrrole nitrogens is 1. The first-order valence-corrected chi connectivity index (χ1v) is 8.48. The lowest BCUT2D eigenvalue weighted by Crippen LogP contribution is -2.42. The predicted octanol–water partition coefficient (Wildman–Crippen LogP) is 2.06. The van der Waals surface area contributed by atoms with Crippen LogP contribution in [0.4, 0.5) is 0 Å². The van der Waals surface area contributed by atoms with Crippen LogP contribution in [0.2, 0.25) is 0 Å². The SMILES string of the molecule is Cc1[nH]ncc1S(=O)(=O)N1CCC2(CCCC2)CC1. The maximum Gasteiger partial charge on any atom is 0.246 e. The molecule has 1 saturated carbocycles. The molecule has 2 fully saturated rings. The second-order valence-electron chi connectivity index (χ2n) is 5.97. The third-order valence-corrected chi connectivity index (χ3v) is 6.86. The van der Waals surface area contributed by atoms with E-state index in [-0.39, 0.29) is 0 Å². The molecule has 6 heteroatoms. The number of nitrogens with one attached hydrogen (secondary N) is 1. The zero-order valence-electron chi connectivity index (χ0n) is 11.4. The van der Waals surface area contributed by atoms with Gasteiger partial charge in [-0.25, -0.2) is 8.42 Å². The van der Waals surface area contributed by atoms with Gasteiger partial charge in [0.15, 0.2) is 0 Å². The summed E-state index contributed by atoms with van der Waals surface area (Å²) in [4.78, 5) is 0.329. The van der Waals surface area contributed by atoms with E-state index in [9.17, 15) is 8.42 Å². The van der Waals surface area contributed by atoms with Crippen molar-refractivity contribution in [3.05, 3.63) is 11.9 Å². The summed E-state index contributed by atoms with van der Waals surface area (Å²) in [6.07, 6.45) is 8.65. The molecule has 0 unspecified atom stereocenters. The topological polar surface area (TPSA) is 66.1 Å². The van der Waals surface area contributed by atoms with Crippen molar-refractivity contribution in [3.63, 3.8) is 0 Å². The first kappa shape index (κ1) is 13.1. The van der Waals surface area contributed by atoms with E-state index in [1.807, 2.05) is 0 Å². The third kappa shape index (κ3) is 2.21. The van der Waals surface area contributed by atoms with Crippen molar-refractivity contribution in [2.45, 2.75) is 50.3 Å². The lowest BCUT2D eigenvalue weighted by Gasteiger charge is -2.38. The quantitative estimate of drug-likeness (QED) is 0.903. The second kappa shape index (κ2) is 4.59. The van der Waals surface area contributed by atoms with Crippen LogP contribution in [0.25, 0.3) is 0 Å². The third-order valence-electron chi connectivity index (χ3n) is 4.85. The van der Waals surface area contributed by atoms with E-state index in [0.717, 1.165) is 12.8 Å². The number of aryl methyl sites for hydroxylation is 1. The Morgan fingerprint density at radius 2 is 1.84 bits per heavy atom. The molecular weight excluding hydrogens is 262 g/mol. The number of hydrogen-bond acceptors (Lipinski definition) is 3. The first-order valence-electron chi connectivity index (χ1n) is 7.04. The molecule has 1 saturated heterocycles. The van der Waals surface area contributed by atoms with Crippen LogP contribution in [0.15, 0.2) is 11.1 Å². The molecule has 2 aliphatic rings. The summed E-state index contributed by atoms with van der Waals surface area (Å²) >= 11 is 0. The van der Waals surface area contributed by atoms with Gasteiger partial charge in [0.2, 0.25) is 10.0 Å². The van der Waals surface area contributed by atoms with Crippen molar-refractivity contribution in [2.75, 3.05) is 13.1 Å². The lowest BCUT2D eigenvalue weighted by molar-refractivity contribution is 0.160. The zero-order valence-corrected chi connectivity index (χ0v) is 12.2. The van der Waals surface area contributed by atoms with Crippen LogP contribution in [0.3, 0.4) is 0 Å². The number of aromatic nitrogens is 2. The molecule has 1 aromatic heterocycles. The highest BCUT2D eigenvalue weighted by atomic mass is 32.2. The number of sulfonamides is 1. The number of hydrogen-bond donors (Lipinski definition) is 1. The molecule has 1 N–H and O–H groups in total. The molecule has 1 aromatic rings. The van der Waals surface area contributed by atoms with E-state index in [2.05, 4.69) is 10.2 Å². The van der Waals surface area contributed by atoms with E-state index >= 15 is 0 Å². The van der Waals surface area contributed by atoms with Crippen LogP contribution in [-0.4, -0.2) is 36.0 Å². The number of rotatable bonds is 2. The van der Waals surface area contributed by atoms with Crippen molar-refractivity contribution in [1.29, 1.82) is 0 Å². The van der Waals surface area contributed by atoms with Gasteiger partial charge in [-0.2, -0.15) is 9.40 Å². The summed E-state index contributed by atoms with van der Waals surface area (Å²) < 4.78 is 26.7. The maximum atomic E-state index is 12.5. The number of piperidine rings is 1. The average Bonchev–Trinajstić information content (AvgIpc) is 3.00. The van der Waals surface area contributed by atoms with E-state index in [1.165, 1.54) is 31.9 Å². The van der Waals surface area contributed by atoms with E-state index in [4.69, 9.17) is 0 Å². The molecule has 0 bridgehead atoms. The Morgan fingerprint density at radius 1 is 1.21 bits per heavy atom. The summed E-state index contributed by atoms with van der Waals surface area (Å²) in [5.41, 5.74) is 1.07. The molecule has 5 nitrogen and oxygen atoms in total. The fourth-order valence-electron chi connectivity index (χ4n) is 3.56. The minimum Gasteiger partial charge on any atom is -0.281 e. The summed E-state index contributed by atoms with van der Waals surface area (Å²) in [5.74, 6) is 0. The van der Waals surface area contributed by atoms with Crippen LogP contribution < -0.4 is 0 Å². The van der Waals surface area contributed by atoms with Gasteiger partial charge < -0.3 is 0 Å². The Balaban J connectivity index is 1.76. The van der Waals surface area contributed by atoms with Gasteiger partial charge in [0.1, 0.15) is 4.90 Å². The van der Waals surface area contributed by atoms with Crippen molar-refractivity contribution >= 4 is 10.0 Å². The summed E-state index contributed by atoms with van der Waals surface area (Å²) in [5, 5.41) is 6.53. The van der Waals surface area contributed by atoms with Crippen molar-refractivity contribution in [2.24, 2.45) is 5.41 Å². The Hall–Kier alpha value is -0.880. The lowest BCUT2D eigenvalue weighted by atomic mass is 9.78. The first-order chi connectivity index (χ1) is 9.04. The normalized spacial score (nSPS) is 24.1. The fourth-order valence-corrected chi connectivity index (χ4v) is 5.12. The molecule has 106 valence electrons. The van der Waals surface area contributed by atoms with Gasteiger partial charge in [-0.05, 0) is 38.0 Å². The number of aromatic amines is 1. The largest absolute Gasteiger partial charge is 0.281 e. The number of nitrogens with zero attached hydrogens (tertiary/aromatic N) is 2. The molecule has 19 heavy (non-hydrogen) atoms. The van der Waals surface area contributed by atoms with Gasteiger partial charge in [0, 0.05) is 13.1 Å². The maximum absolute atomic E-state index is 12.5. The van der Waals surface area contributed by atoms with Gasteiger partial charge in [0.05, 0.1) is 11.9 Å². The zero-order chi connectivity index (χ0) is 13.5. The smallest absolute Gasteiger partial charge is 0.246 e.